The zero-order chi connectivity index (χ0) is 16.1. The molecule has 0 spiro atoms. The molecule has 0 aromatic heterocycles. The minimum atomic E-state index is -0.952. The topological polar surface area (TPSA) is 101 Å². The SMILES string of the molecule is O=C(O)CN1CCN(C(=O)c2ccc(CO)cc2)CC(O)C1. The van der Waals surface area contributed by atoms with Crippen LogP contribution in [0.4, 0.5) is 0 Å². The second-order valence-corrected chi connectivity index (χ2v) is 5.39. The number of β-amino-alcohol motifs (C(OH)–C–C–N with tert-alkyl or cyclic N) is 1. The molecule has 1 aliphatic heterocycles. The van der Waals surface area contributed by atoms with E-state index in [4.69, 9.17) is 10.2 Å². The summed E-state index contributed by atoms with van der Waals surface area (Å²) in [6, 6.07) is 6.64. The first-order valence-corrected chi connectivity index (χ1v) is 7.11. The van der Waals surface area contributed by atoms with E-state index in [1.807, 2.05) is 0 Å². The molecule has 22 heavy (non-hydrogen) atoms. The van der Waals surface area contributed by atoms with E-state index in [2.05, 4.69) is 0 Å². The summed E-state index contributed by atoms with van der Waals surface area (Å²) in [7, 11) is 0. The second-order valence-electron chi connectivity index (χ2n) is 5.39. The van der Waals surface area contributed by atoms with Gasteiger partial charge in [-0.05, 0) is 17.7 Å². The molecule has 0 radical (unpaired) electrons. The first-order chi connectivity index (χ1) is 10.5. The highest BCUT2D eigenvalue weighted by Crippen LogP contribution is 2.11. The summed E-state index contributed by atoms with van der Waals surface area (Å²) in [5.41, 5.74) is 1.20. The number of carboxylic acids is 1. The number of carbonyl (C=O) groups excluding carboxylic acids is 1. The Balaban J connectivity index is 2.04. The van der Waals surface area contributed by atoms with Crippen LogP contribution in [0.1, 0.15) is 15.9 Å². The van der Waals surface area contributed by atoms with Gasteiger partial charge < -0.3 is 20.2 Å². The third-order valence-corrected chi connectivity index (χ3v) is 3.62. The maximum absolute atomic E-state index is 12.4. The molecule has 1 aromatic rings. The van der Waals surface area contributed by atoms with Gasteiger partial charge in [0.25, 0.3) is 5.91 Å². The molecule has 3 N–H and O–H groups in total. The van der Waals surface area contributed by atoms with Gasteiger partial charge in [0.05, 0.1) is 19.3 Å². The standard InChI is InChI=1S/C15H20N2O5/c18-10-11-1-3-12(4-2-11)15(22)17-6-5-16(9-14(20)21)7-13(19)8-17/h1-4,13,18-19H,5-10H2,(H,20,21). The number of aliphatic hydroxyl groups is 2. The molecule has 1 atom stereocenters. The highest BCUT2D eigenvalue weighted by molar-refractivity contribution is 5.94. The van der Waals surface area contributed by atoms with E-state index >= 15 is 0 Å². The number of carboxylic acid groups (broad SMARTS) is 1. The van der Waals surface area contributed by atoms with E-state index in [0.717, 1.165) is 5.56 Å². The zero-order valence-electron chi connectivity index (χ0n) is 12.2. The van der Waals surface area contributed by atoms with E-state index in [0.29, 0.717) is 18.7 Å². The van der Waals surface area contributed by atoms with E-state index < -0.39 is 12.1 Å². The number of nitrogens with zero attached hydrogens (tertiary/aromatic N) is 2. The van der Waals surface area contributed by atoms with Crippen molar-refractivity contribution in [1.29, 1.82) is 0 Å². The smallest absolute Gasteiger partial charge is 0.317 e. The highest BCUT2D eigenvalue weighted by Gasteiger charge is 2.25. The molecule has 0 aliphatic carbocycles. The van der Waals surface area contributed by atoms with Crippen LogP contribution in [0.15, 0.2) is 24.3 Å². The molecule has 2 rings (SSSR count). The quantitative estimate of drug-likeness (QED) is 0.685. The fourth-order valence-corrected chi connectivity index (χ4v) is 2.51. The van der Waals surface area contributed by atoms with Crippen molar-refractivity contribution in [2.24, 2.45) is 0 Å². The van der Waals surface area contributed by atoms with Gasteiger partial charge >= 0.3 is 5.97 Å². The van der Waals surface area contributed by atoms with Crippen LogP contribution in [0.3, 0.4) is 0 Å². The zero-order valence-corrected chi connectivity index (χ0v) is 12.2. The van der Waals surface area contributed by atoms with Crippen LogP contribution < -0.4 is 0 Å². The molecule has 1 fully saturated rings. The van der Waals surface area contributed by atoms with Gasteiger partial charge in [0, 0.05) is 31.7 Å². The third kappa shape index (κ3) is 4.27. The molecule has 7 heteroatoms. The lowest BCUT2D eigenvalue weighted by molar-refractivity contribution is -0.138. The van der Waals surface area contributed by atoms with Crippen molar-refractivity contribution < 1.29 is 24.9 Å². The molecule has 1 amide bonds. The molecule has 0 bridgehead atoms. The highest BCUT2D eigenvalue weighted by atomic mass is 16.4. The second kappa shape index (κ2) is 7.35. The van der Waals surface area contributed by atoms with Crippen LogP contribution in [0.5, 0.6) is 0 Å². The summed E-state index contributed by atoms with van der Waals surface area (Å²) >= 11 is 0. The maximum atomic E-state index is 12.4. The van der Waals surface area contributed by atoms with E-state index in [1.54, 1.807) is 29.2 Å². The summed E-state index contributed by atoms with van der Waals surface area (Å²) in [5, 5.41) is 27.8. The number of amides is 1. The Morgan fingerprint density at radius 1 is 1.14 bits per heavy atom. The number of aliphatic hydroxyl groups excluding tert-OH is 2. The van der Waals surface area contributed by atoms with Crippen LogP contribution in [-0.4, -0.2) is 75.8 Å². The number of benzene rings is 1. The lowest BCUT2D eigenvalue weighted by Crippen LogP contribution is -2.37. The molecule has 1 aliphatic rings. The first kappa shape index (κ1) is 16.4. The van der Waals surface area contributed by atoms with Crippen LogP contribution in [0.25, 0.3) is 0 Å². The Morgan fingerprint density at radius 3 is 2.41 bits per heavy atom. The number of hydrogen-bond donors (Lipinski definition) is 3. The van der Waals surface area contributed by atoms with Gasteiger partial charge in [0.15, 0.2) is 0 Å². The normalized spacial score (nSPS) is 19.7. The van der Waals surface area contributed by atoms with Crippen LogP contribution in [-0.2, 0) is 11.4 Å². The van der Waals surface area contributed by atoms with Crippen molar-refractivity contribution in [2.45, 2.75) is 12.7 Å². The van der Waals surface area contributed by atoms with Crippen molar-refractivity contribution in [2.75, 3.05) is 32.7 Å². The van der Waals surface area contributed by atoms with Gasteiger partial charge in [0.1, 0.15) is 0 Å². The van der Waals surface area contributed by atoms with E-state index in [-0.39, 0.29) is 32.1 Å². The third-order valence-electron chi connectivity index (χ3n) is 3.62. The summed E-state index contributed by atoms with van der Waals surface area (Å²) in [4.78, 5) is 26.4. The van der Waals surface area contributed by atoms with Gasteiger partial charge in [-0.15, -0.1) is 0 Å². The number of hydrogen-bond acceptors (Lipinski definition) is 5. The summed E-state index contributed by atoms with van der Waals surface area (Å²) in [6.07, 6.45) is -0.775. The molecule has 1 aromatic carbocycles. The van der Waals surface area contributed by atoms with Crippen molar-refractivity contribution in [3.8, 4) is 0 Å². The lowest BCUT2D eigenvalue weighted by atomic mass is 10.1. The predicted molar refractivity (Wildman–Crippen MR) is 78.4 cm³/mol. The van der Waals surface area contributed by atoms with Gasteiger partial charge in [-0.2, -0.15) is 0 Å². The van der Waals surface area contributed by atoms with Gasteiger partial charge in [-0.1, -0.05) is 12.1 Å². The molecule has 1 unspecified atom stereocenters. The number of carbonyl (C=O) groups is 2. The lowest BCUT2D eigenvalue weighted by Gasteiger charge is -2.21. The van der Waals surface area contributed by atoms with E-state index in [9.17, 15) is 14.7 Å². The van der Waals surface area contributed by atoms with Gasteiger partial charge in [0.2, 0.25) is 0 Å². The number of aliphatic carboxylic acids is 1. The Kier molecular flexibility index (Phi) is 5.48. The summed E-state index contributed by atoms with van der Waals surface area (Å²) < 4.78 is 0. The number of rotatable bonds is 4. The van der Waals surface area contributed by atoms with Crippen molar-refractivity contribution in [1.82, 2.24) is 9.80 Å². The summed E-state index contributed by atoms with van der Waals surface area (Å²) in [5.74, 6) is -1.16. The Morgan fingerprint density at radius 2 is 1.82 bits per heavy atom. The largest absolute Gasteiger partial charge is 0.480 e. The van der Waals surface area contributed by atoms with Gasteiger partial charge in [-0.3, -0.25) is 14.5 Å². The average Bonchev–Trinajstić information content (AvgIpc) is 2.67. The fourth-order valence-electron chi connectivity index (χ4n) is 2.51. The van der Waals surface area contributed by atoms with Crippen molar-refractivity contribution >= 4 is 11.9 Å². The Bertz CT molecular complexity index is 531. The fraction of sp³-hybridized carbons (Fsp3) is 0.467. The minimum absolute atomic E-state index is 0.0823. The molecular formula is C15H20N2O5. The maximum Gasteiger partial charge on any atom is 0.317 e. The average molecular weight is 308 g/mol. The molecule has 0 saturated carbocycles. The van der Waals surface area contributed by atoms with Gasteiger partial charge in [-0.25, -0.2) is 0 Å². The van der Waals surface area contributed by atoms with Crippen molar-refractivity contribution in [3.63, 3.8) is 0 Å². The monoisotopic (exact) mass is 308 g/mol. The van der Waals surface area contributed by atoms with E-state index in [1.165, 1.54) is 4.90 Å². The predicted octanol–water partition coefficient (Wildman–Crippen LogP) is -0.618. The first-order valence-electron chi connectivity index (χ1n) is 7.11. The molecule has 120 valence electrons. The molecule has 1 saturated heterocycles. The van der Waals surface area contributed by atoms with Crippen LogP contribution in [0, 0.1) is 0 Å². The molecular weight excluding hydrogens is 288 g/mol. The minimum Gasteiger partial charge on any atom is -0.480 e. The Hall–Kier alpha value is -1.96. The van der Waals surface area contributed by atoms with Crippen LogP contribution in [0.2, 0.25) is 0 Å². The molecule has 1 heterocycles. The summed E-state index contributed by atoms with van der Waals surface area (Å²) in [6.45, 7) is 0.955. The van der Waals surface area contributed by atoms with Crippen molar-refractivity contribution in [3.05, 3.63) is 35.4 Å². The molecule has 7 nitrogen and oxygen atoms in total. The Labute approximate surface area is 128 Å². The van der Waals surface area contributed by atoms with Crippen LogP contribution >= 0.6 is 0 Å².